The van der Waals surface area contributed by atoms with Crippen LogP contribution in [0, 0.1) is 5.92 Å². The Balaban J connectivity index is 2.26. The lowest BCUT2D eigenvalue weighted by molar-refractivity contribution is 0.0646. The summed E-state index contributed by atoms with van der Waals surface area (Å²) in [5.41, 5.74) is 1.32. The molecule has 6 nitrogen and oxygen atoms in total. The molecule has 2 atom stereocenters. The van der Waals surface area contributed by atoms with Crippen LogP contribution in [0.3, 0.4) is 0 Å². The number of hydrogen-bond donors (Lipinski definition) is 2. The third-order valence-electron chi connectivity index (χ3n) is 4.63. The van der Waals surface area contributed by atoms with Crippen molar-refractivity contribution in [2.45, 2.75) is 12.5 Å². The van der Waals surface area contributed by atoms with Crippen LogP contribution < -0.4 is 18.9 Å². The van der Waals surface area contributed by atoms with Gasteiger partial charge in [0, 0.05) is 12.5 Å². The highest BCUT2D eigenvalue weighted by Gasteiger charge is 2.26. The standard InChI is InChI=1S/C22H28O6/c1-25-17-10-6-11-18(26-2)16(17)9-5-8-15(14-23)22(24)21-19(27-3)12-7-13-20(21)28-4/h5-7,9-13,15,22-24H,8,14H2,1-4H3/b9-5+/t15-,22+/m1/s1. The van der Waals surface area contributed by atoms with E-state index in [-0.39, 0.29) is 6.61 Å². The van der Waals surface area contributed by atoms with Crippen molar-refractivity contribution in [1.29, 1.82) is 0 Å². The number of benzene rings is 2. The van der Waals surface area contributed by atoms with Crippen LogP contribution >= 0.6 is 0 Å². The molecule has 2 rings (SSSR count). The fraction of sp³-hybridized carbons (Fsp3) is 0.364. The number of hydrogen-bond acceptors (Lipinski definition) is 6. The number of aliphatic hydroxyl groups excluding tert-OH is 2. The van der Waals surface area contributed by atoms with Gasteiger partial charge in [0.1, 0.15) is 23.0 Å². The van der Waals surface area contributed by atoms with Gasteiger partial charge in [0.25, 0.3) is 0 Å². The van der Waals surface area contributed by atoms with E-state index in [2.05, 4.69) is 0 Å². The summed E-state index contributed by atoms with van der Waals surface area (Å²) in [6.45, 7) is -0.199. The molecule has 0 heterocycles. The van der Waals surface area contributed by atoms with Crippen LogP contribution in [0.4, 0.5) is 0 Å². The zero-order valence-corrected chi connectivity index (χ0v) is 16.7. The van der Waals surface area contributed by atoms with Gasteiger partial charge in [-0.3, -0.25) is 0 Å². The average Bonchev–Trinajstić information content (AvgIpc) is 2.75. The first kappa shape index (κ1) is 21.6. The normalized spacial score (nSPS) is 13.2. The van der Waals surface area contributed by atoms with Crippen molar-refractivity contribution in [2.24, 2.45) is 5.92 Å². The van der Waals surface area contributed by atoms with Gasteiger partial charge in [-0.2, -0.15) is 0 Å². The van der Waals surface area contributed by atoms with E-state index in [1.807, 2.05) is 30.4 Å². The molecule has 0 radical (unpaired) electrons. The van der Waals surface area contributed by atoms with E-state index in [1.54, 1.807) is 32.4 Å². The van der Waals surface area contributed by atoms with Crippen molar-refractivity contribution < 1.29 is 29.2 Å². The van der Waals surface area contributed by atoms with Crippen molar-refractivity contribution in [2.75, 3.05) is 35.0 Å². The number of ether oxygens (including phenoxy) is 4. The summed E-state index contributed by atoms with van der Waals surface area (Å²) in [7, 11) is 6.26. The van der Waals surface area contributed by atoms with Gasteiger partial charge in [-0.1, -0.05) is 24.3 Å². The second kappa shape index (κ2) is 10.6. The Labute approximate surface area is 165 Å². The molecule has 6 heteroatoms. The van der Waals surface area contributed by atoms with E-state index in [0.29, 0.717) is 35.0 Å². The molecule has 28 heavy (non-hydrogen) atoms. The molecule has 2 aromatic carbocycles. The van der Waals surface area contributed by atoms with Gasteiger partial charge < -0.3 is 29.2 Å². The van der Waals surface area contributed by atoms with Crippen molar-refractivity contribution >= 4 is 6.08 Å². The molecule has 0 aliphatic heterocycles. The third-order valence-corrected chi connectivity index (χ3v) is 4.63. The van der Waals surface area contributed by atoms with Crippen LogP contribution in [0.15, 0.2) is 42.5 Å². The molecule has 0 aliphatic rings. The summed E-state index contributed by atoms with van der Waals surface area (Å²) in [5.74, 6) is 1.95. The Hall–Kier alpha value is -2.70. The number of rotatable bonds is 10. The summed E-state index contributed by atoms with van der Waals surface area (Å²) in [6.07, 6.45) is 3.22. The van der Waals surface area contributed by atoms with Crippen LogP contribution in [0.25, 0.3) is 6.08 Å². The molecule has 0 saturated heterocycles. The summed E-state index contributed by atoms with van der Waals surface area (Å²) >= 11 is 0. The first-order valence-corrected chi connectivity index (χ1v) is 8.98. The minimum atomic E-state index is -0.958. The van der Waals surface area contributed by atoms with Crippen LogP contribution in [-0.2, 0) is 0 Å². The van der Waals surface area contributed by atoms with Gasteiger partial charge in [0.05, 0.1) is 45.7 Å². The fourth-order valence-electron chi connectivity index (χ4n) is 3.12. The highest BCUT2D eigenvalue weighted by Crippen LogP contribution is 2.38. The molecule has 0 bridgehead atoms. The lowest BCUT2D eigenvalue weighted by atomic mass is 9.91. The van der Waals surface area contributed by atoms with Crippen LogP contribution in [0.2, 0.25) is 0 Å². The summed E-state index contributed by atoms with van der Waals surface area (Å²) in [4.78, 5) is 0. The summed E-state index contributed by atoms with van der Waals surface area (Å²) < 4.78 is 21.5. The predicted octanol–water partition coefficient (Wildman–Crippen LogP) is 3.47. The molecule has 152 valence electrons. The molecule has 0 saturated carbocycles. The predicted molar refractivity (Wildman–Crippen MR) is 108 cm³/mol. The lowest BCUT2D eigenvalue weighted by Gasteiger charge is -2.23. The van der Waals surface area contributed by atoms with Crippen molar-refractivity contribution in [3.63, 3.8) is 0 Å². The largest absolute Gasteiger partial charge is 0.496 e. The second-order valence-electron chi connectivity index (χ2n) is 6.18. The fourth-order valence-corrected chi connectivity index (χ4v) is 3.12. The Morgan fingerprint density at radius 2 is 1.29 bits per heavy atom. The molecule has 0 fully saturated rings. The summed E-state index contributed by atoms with van der Waals surface area (Å²) in [6, 6.07) is 10.8. The first-order valence-electron chi connectivity index (χ1n) is 8.98. The van der Waals surface area contributed by atoms with Crippen molar-refractivity contribution in [1.82, 2.24) is 0 Å². The van der Waals surface area contributed by atoms with Crippen molar-refractivity contribution in [3.8, 4) is 23.0 Å². The number of methoxy groups -OCH3 is 4. The Morgan fingerprint density at radius 3 is 1.71 bits per heavy atom. The van der Waals surface area contributed by atoms with E-state index in [1.165, 1.54) is 14.2 Å². The molecule has 0 aromatic heterocycles. The van der Waals surface area contributed by atoms with Crippen molar-refractivity contribution in [3.05, 3.63) is 53.6 Å². The zero-order valence-electron chi connectivity index (χ0n) is 16.7. The third kappa shape index (κ3) is 4.77. The topological polar surface area (TPSA) is 77.4 Å². The Kier molecular flexibility index (Phi) is 8.17. The smallest absolute Gasteiger partial charge is 0.129 e. The molecule has 0 spiro atoms. The molecule has 0 unspecified atom stereocenters. The van der Waals surface area contributed by atoms with E-state index >= 15 is 0 Å². The highest BCUT2D eigenvalue weighted by molar-refractivity contribution is 5.64. The Bertz CT molecular complexity index is 742. The van der Waals surface area contributed by atoms with Gasteiger partial charge >= 0.3 is 0 Å². The molecule has 2 N–H and O–H groups in total. The van der Waals surface area contributed by atoms with Gasteiger partial charge in [0.2, 0.25) is 0 Å². The van der Waals surface area contributed by atoms with Gasteiger partial charge in [-0.15, -0.1) is 0 Å². The molecule has 2 aromatic rings. The number of allylic oxidation sites excluding steroid dienone is 1. The maximum absolute atomic E-state index is 10.9. The zero-order chi connectivity index (χ0) is 20.5. The highest BCUT2D eigenvalue weighted by atomic mass is 16.5. The first-order chi connectivity index (χ1) is 13.6. The van der Waals surface area contributed by atoms with Gasteiger partial charge in [-0.05, 0) is 30.7 Å². The van der Waals surface area contributed by atoms with Crippen LogP contribution in [0.5, 0.6) is 23.0 Å². The minimum absolute atomic E-state index is 0.199. The molecule has 0 aliphatic carbocycles. The minimum Gasteiger partial charge on any atom is -0.496 e. The maximum Gasteiger partial charge on any atom is 0.129 e. The second-order valence-corrected chi connectivity index (χ2v) is 6.18. The van der Waals surface area contributed by atoms with E-state index in [9.17, 15) is 10.2 Å². The van der Waals surface area contributed by atoms with Gasteiger partial charge in [-0.25, -0.2) is 0 Å². The average molecular weight is 388 g/mol. The van der Waals surface area contributed by atoms with Crippen LogP contribution in [-0.4, -0.2) is 45.3 Å². The summed E-state index contributed by atoms with van der Waals surface area (Å²) in [5, 5.41) is 20.8. The van der Waals surface area contributed by atoms with Crippen LogP contribution in [0.1, 0.15) is 23.7 Å². The Morgan fingerprint density at radius 1 is 0.821 bits per heavy atom. The quantitative estimate of drug-likeness (QED) is 0.649. The number of aliphatic hydroxyl groups is 2. The molecular formula is C22H28O6. The van der Waals surface area contributed by atoms with E-state index < -0.39 is 12.0 Å². The molecular weight excluding hydrogens is 360 g/mol. The molecule has 0 amide bonds. The monoisotopic (exact) mass is 388 g/mol. The SMILES string of the molecule is COc1cccc(OC)c1/C=C/C[C@H](CO)[C@H](O)c1c(OC)cccc1OC. The van der Waals surface area contributed by atoms with Gasteiger partial charge in [0.15, 0.2) is 0 Å². The lowest BCUT2D eigenvalue weighted by Crippen LogP contribution is -2.17. The maximum atomic E-state index is 10.9. The van der Waals surface area contributed by atoms with E-state index in [0.717, 1.165) is 5.56 Å². The van der Waals surface area contributed by atoms with E-state index in [4.69, 9.17) is 18.9 Å².